The summed E-state index contributed by atoms with van der Waals surface area (Å²) in [5.41, 5.74) is 0.00512. The van der Waals surface area contributed by atoms with Crippen molar-refractivity contribution in [2.75, 3.05) is 13.1 Å². The van der Waals surface area contributed by atoms with Gasteiger partial charge in [0.15, 0.2) is 0 Å². The molecule has 2 atom stereocenters. The average Bonchev–Trinajstić information content (AvgIpc) is 2.67. The first-order valence-electron chi connectivity index (χ1n) is 6.23. The van der Waals surface area contributed by atoms with Crippen molar-refractivity contribution in [1.29, 1.82) is 0 Å². The van der Waals surface area contributed by atoms with E-state index in [0.29, 0.717) is 24.9 Å². The third-order valence-corrected chi connectivity index (χ3v) is 5.01. The number of carbonyl (C=O) groups excluding carboxylic acids is 1. The lowest BCUT2D eigenvalue weighted by molar-refractivity contribution is 0.0784. The van der Waals surface area contributed by atoms with E-state index in [1.807, 2.05) is 13.8 Å². The largest absolute Gasteiger partial charge is 0.338 e. The van der Waals surface area contributed by atoms with Gasteiger partial charge in [-0.1, -0.05) is 13.8 Å². The Hall–Kier alpha value is -1.14. The van der Waals surface area contributed by atoms with Crippen molar-refractivity contribution in [3.63, 3.8) is 0 Å². The number of carbonyl (C=O) groups is 1. The molecule has 0 aliphatic carbocycles. The van der Waals surface area contributed by atoms with Gasteiger partial charge in [0, 0.05) is 29.3 Å². The van der Waals surface area contributed by atoms with Crippen LogP contribution in [0, 0.1) is 17.7 Å². The van der Waals surface area contributed by atoms with Crippen molar-refractivity contribution >= 4 is 25.6 Å². The first kappa shape index (κ1) is 15.3. The Balaban J connectivity index is 2.34. The number of rotatable bonds is 2. The van der Waals surface area contributed by atoms with Gasteiger partial charge in [-0.25, -0.2) is 12.8 Å². The topological polar surface area (TPSA) is 54.5 Å². The molecule has 0 saturated carbocycles. The van der Waals surface area contributed by atoms with Crippen LogP contribution in [0.3, 0.4) is 0 Å². The van der Waals surface area contributed by atoms with Gasteiger partial charge in [0.05, 0.1) is 4.90 Å². The van der Waals surface area contributed by atoms with Gasteiger partial charge in [-0.05, 0) is 30.0 Å². The van der Waals surface area contributed by atoms with Gasteiger partial charge in [-0.15, -0.1) is 0 Å². The van der Waals surface area contributed by atoms with Crippen LogP contribution in [0.4, 0.5) is 4.39 Å². The minimum absolute atomic E-state index is 0.00512. The summed E-state index contributed by atoms with van der Waals surface area (Å²) in [4.78, 5) is 13.5. The lowest BCUT2D eigenvalue weighted by atomic mass is 10.0. The molecule has 1 aromatic rings. The quantitative estimate of drug-likeness (QED) is 0.787. The van der Waals surface area contributed by atoms with Gasteiger partial charge in [-0.2, -0.15) is 0 Å². The Morgan fingerprint density at radius 2 is 1.80 bits per heavy atom. The maximum Gasteiger partial charge on any atom is 0.261 e. The zero-order valence-electron chi connectivity index (χ0n) is 11.1. The van der Waals surface area contributed by atoms with Crippen LogP contribution in [0.25, 0.3) is 0 Å². The van der Waals surface area contributed by atoms with E-state index in [4.69, 9.17) is 10.7 Å². The highest BCUT2D eigenvalue weighted by atomic mass is 35.7. The lowest BCUT2D eigenvalue weighted by Gasteiger charge is -2.16. The molecule has 0 spiro atoms. The fourth-order valence-electron chi connectivity index (χ4n) is 2.31. The summed E-state index contributed by atoms with van der Waals surface area (Å²) in [6.07, 6.45) is 0. The zero-order chi connectivity index (χ0) is 15.1. The second kappa shape index (κ2) is 5.33. The number of hydrogen-bond acceptors (Lipinski definition) is 3. The SMILES string of the molecule is CC1CN(C(=O)c2cc(F)cc(S(=O)(=O)Cl)c2)CC1C. The molecule has 1 aromatic carbocycles. The fraction of sp³-hybridized carbons (Fsp3) is 0.462. The number of likely N-dealkylation sites (tertiary alicyclic amines) is 1. The van der Waals surface area contributed by atoms with Crippen LogP contribution < -0.4 is 0 Å². The molecule has 20 heavy (non-hydrogen) atoms. The summed E-state index contributed by atoms with van der Waals surface area (Å²) in [6.45, 7) is 5.25. The fourth-order valence-corrected chi connectivity index (χ4v) is 3.09. The summed E-state index contributed by atoms with van der Waals surface area (Å²) in [5.74, 6) is -0.440. The van der Waals surface area contributed by atoms with Gasteiger partial charge < -0.3 is 4.90 Å². The van der Waals surface area contributed by atoms with Crippen LogP contribution in [0.5, 0.6) is 0 Å². The number of nitrogens with zero attached hydrogens (tertiary/aromatic N) is 1. The monoisotopic (exact) mass is 319 g/mol. The van der Waals surface area contributed by atoms with Gasteiger partial charge in [0.1, 0.15) is 5.82 Å². The van der Waals surface area contributed by atoms with Crippen LogP contribution >= 0.6 is 10.7 Å². The Morgan fingerprint density at radius 3 is 2.30 bits per heavy atom. The lowest BCUT2D eigenvalue weighted by Crippen LogP contribution is -2.29. The van der Waals surface area contributed by atoms with Crippen molar-refractivity contribution in [2.45, 2.75) is 18.7 Å². The van der Waals surface area contributed by atoms with E-state index in [0.717, 1.165) is 18.2 Å². The zero-order valence-corrected chi connectivity index (χ0v) is 12.7. The van der Waals surface area contributed by atoms with Gasteiger partial charge in [0.25, 0.3) is 15.0 Å². The van der Waals surface area contributed by atoms with E-state index in [1.54, 1.807) is 4.90 Å². The van der Waals surface area contributed by atoms with Crippen LogP contribution in [-0.4, -0.2) is 32.3 Å². The van der Waals surface area contributed by atoms with Crippen molar-refractivity contribution < 1.29 is 17.6 Å². The third-order valence-electron chi connectivity index (χ3n) is 3.68. The molecule has 1 saturated heterocycles. The number of amides is 1. The summed E-state index contributed by atoms with van der Waals surface area (Å²) >= 11 is 0. The number of benzene rings is 1. The van der Waals surface area contributed by atoms with Gasteiger partial charge in [-0.3, -0.25) is 4.79 Å². The first-order valence-corrected chi connectivity index (χ1v) is 8.54. The minimum Gasteiger partial charge on any atom is -0.338 e. The summed E-state index contributed by atoms with van der Waals surface area (Å²) < 4.78 is 36.0. The molecule has 1 aliphatic rings. The second-order valence-corrected chi connectivity index (χ2v) is 7.84. The molecular formula is C13H15ClFNO3S. The Morgan fingerprint density at radius 1 is 1.25 bits per heavy atom. The molecule has 1 heterocycles. The van der Waals surface area contributed by atoms with Crippen LogP contribution in [0.1, 0.15) is 24.2 Å². The van der Waals surface area contributed by atoms with E-state index in [9.17, 15) is 17.6 Å². The third kappa shape index (κ3) is 3.12. The van der Waals surface area contributed by atoms with Crippen LogP contribution in [-0.2, 0) is 9.05 Å². The van der Waals surface area contributed by atoms with E-state index in [-0.39, 0.29) is 11.5 Å². The molecule has 1 aliphatic heterocycles. The van der Waals surface area contributed by atoms with Crippen molar-refractivity contribution in [3.05, 3.63) is 29.6 Å². The van der Waals surface area contributed by atoms with E-state index < -0.39 is 19.8 Å². The molecule has 2 unspecified atom stereocenters. The van der Waals surface area contributed by atoms with Gasteiger partial charge >= 0.3 is 0 Å². The molecule has 4 nitrogen and oxygen atoms in total. The second-order valence-electron chi connectivity index (χ2n) is 5.28. The number of halogens is 2. The summed E-state index contributed by atoms with van der Waals surface area (Å²) in [6, 6.07) is 2.94. The molecule has 0 radical (unpaired) electrons. The molecule has 0 N–H and O–H groups in total. The molecular weight excluding hydrogens is 305 g/mol. The molecule has 1 amide bonds. The maximum absolute atomic E-state index is 13.5. The Bertz CT molecular complexity index is 637. The maximum atomic E-state index is 13.5. The normalized spacial score (nSPS) is 23.1. The smallest absolute Gasteiger partial charge is 0.261 e. The van der Waals surface area contributed by atoms with Crippen molar-refractivity contribution in [1.82, 2.24) is 4.90 Å². The standard InChI is InChI=1S/C13H15ClFNO3S/c1-8-6-16(7-9(8)2)13(17)10-3-11(15)5-12(4-10)20(14,18)19/h3-5,8-9H,6-7H2,1-2H3. The summed E-state index contributed by atoms with van der Waals surface area (Å²) in [5, 5.41) is 0. The average molecular weight is 320 g/mol. The van der Waals surface area contributed by atoms with Crippen molar-refractivity contribution in [3.8, 4) is 0 Å². The van der Waals surface area contributed by atoms with E-state index in [2.05, 4.69) is 0 Å². The Kier molecular flexibility index (Phi) is 4.07. The van der Waals surface area contributed by atoms with Crippen LogP contribution in [0.15, 0.2) is 23.1 Å². The minimum atomic E-state index is -4.06. The molecule has 2 rings (SSSR count). The predicted molar refractivity (Wildman–Crippen MR) is 73.7 cm³/mol. The highest BCUT2D eigenvalue weighted by molar-refractivity contribution is 8.13. The molecule has 110 valence electrons. The Labute approximate surface area is 121 Å². The molecule has 0 aromatic heterocycles. The first-order chi connectivity index (χ1) is 9.18. The predicted octanol–water partition coefficient (Wildman–Crippen LogP) is 2.48. The van der Waals surface area contributed by atoms with Crippen molar-refractivity contribution in [2.24, 2.45) is 11.8 Å². The van der Waals surface area contributed by atoms with Gasteiger partial charge in [0.2, 0.25) is 0 Å². The van der Waals surface area contributed by atoms with E-state index >= 15 is 0 Å². The number of hydrogen-bond donors (Lipinski definition) is 0. The van der Waals surface area contributed by atoms with E-state index in [1.165, 1.54) is 0 Å². The highest BCUT2D eigenvalue weighted by Gasteiger charge is 2.30. The summed E-state index contributed by atoms with van der Waals surface area (Å²) in [7, 11) is 1.13. The highest BCUT2D eigenvalue weighted by Crippen LogP contribution is 2.25. The molecule has 0 bridgehead atoms. The molecule has 7 heteroatoms. The van der Waals surface area contributed by atoms with Crippen LogP contribution in [0.2, 0.25) is 0 Å². The molecule has 1 fully saturated rings.